The summed E-state index contributed by atoms with van der Waals surface area (Å²) in [6.07, 6.45) is -4.44. The summed E-state index contributed by atoms with van der Waals surface area (Å²) in [6, 6.07) is 6.26. The van der Waals surface area contributed by atoms with Crippen LogP contribution in [0, 0.1) is 0 Å². The number of fused-ring (bicyclic) bond motifs is 1. The molecule has 1 aromatic carbocycles. The topological polar surface area (TPSA) is 44.1 Å². The predicted molar refractivity (Wildman–Crippen MR) is 61.7 cm³/mol. The Balaban J connectivity index is 2.55. The molecule has 0 aliphatic heterocycles. The number of rotatable bonds is 3. The number of aromatic nitrogens is 2. The molecule has 0 aliphatic rings. The molecule has 0 atom stereocenters. The van der Waals surface area contributed by atoms with Crippen molar-refractivity contribution in [2.75, 3.05) is 6.61 Å². The first kappa shape index (κ1) is 13.4. The molecule has 7 heteroatoms. The minimum absolute atomic E-state index is 0.0774. The molecule has 0 saturated carbocycles. The first-order valence-corrected chi connectivity index (χ1v) is 5.61. The zero-order chi connectivity index (χ0) is 14.0. The molecule has 1 aromatic heterocycles. The Labute approximate surface area is 106 Å². The number of carbonyl (C=O) groups is 1. The van der Waals surface area contributed by atoms with Crippen LogP contribution in [0.1, 0.15) is 17.5 Å². The van der Waals surface area contributed by atoms with Gasteiger partial charge >= 0.3 is 12.1 Å². The minimum atomic E-state index is -4.44. The van der Waals surface area contributed by atoms with Gasteiger partial charge in [0, 0.05) is 0 Å². The van der Waals surface area contributed by atoms with Crippen molar-refractivity contribution in [3.63, 3.8) is 0 Å². The number of para-hydroxylation sites is 2. The van der Waals surface area contributed by atoms with Gasteiger partial charge in [-0.3, -0.25) is 0 Å². The molecule has 1 heterocycles. The lowest BCUT2D eigenvalue weighted by molar-refractivity contribution is -0.140. The molecule has 4 nitrogen and oxygen atoms in total. The molecule has 0 spiro atoms. The smallest absolute Gasteiger partial charge is 0.406 e. The molecule has 19 heavy (non-hydrogen) atoms. The third-order valence-electron chi connectivity index (χ3n) is 2.45. The van der Waals surface area contributed by atoms with Gasteiger partial charge in [-0.05, 0) is 19.1 Å². The van der Waals surface area contributed by atoms with E-state index in [1.807, 2.05) is 0 Å². The Hall–Kier alpha value is -2.05. The molecular formula is C12H11F3N2O2. The summed E-state index contributed by atoms with van der Waals surface area (Å²) in [6.45, 7) is 0.379. The van der Waals surface area contributed by atoms with Crippen molar-refractivity contribution in [3.05, 3.63) is 30.1 Å². The number of carbonyl (C=O) groups excluding carboxylic acids is 1. The van der Waals surface area contributed by atoms with Gasteiger partial charge in [-0.1, -0.05) is 12.1 Å². The Morgan fingerprint density at radius 1 is 1.37 bits per heavy atom. The molecule has 2 rings (SSSR count). The monoisotopic (exact) mass is 272 g/mol. The van der Waals surface area contributed by atoms with Crippen molar-refractivity contribution in [1.82, 2.24) is 9.55 Å². The number of ether oxygens (including phenoxy) is 1. The fraction of sp³-hybridized carbons (Fsp3) is 0.333. The summed E-state index contributed by atoms with van der Waals surface area (Å²) in [4.78, 5) is 15.6. The van der Waals surface area contributed by atoms with E-state index in [1.54, 1.807) is 25.1 Å². The van der Waals surface area contributed by atoms with Crippen molar-refractivity contribution in [2.24, 2.45) is 0 Å². The molecule has 0 fully saturated rings. The fourth-order valence-corrected chi connectivity index (χ4v) is 1.77. The van der Waals surface area contributed by atoms with E-state index in [1.165, 1.54) is 6.07 Å². The first-order chi connectivity index (χ1) is 8.92. The molecular weight excluding hydrogens is 261 g/mol. The highest BCUT2D eigenvalue weighted by Crippen LogP contribution is 2.23. The number of nitrogens with zero attached hydrogens (tertiary/aromatic N) is 2. The summed E-state index contributed by atoms with van der Waals surface area (Å²) in [7, 11) is 0. The fourth-order valence-electron chi connectivity index (χ4n) is 1.77. The van der Waals surface area contributed by atoms with E-state index in [-0.39, 0.29) is 17.9 Å². The number of imidazole rings is 1. The lowest BCUT2D eigenvalue weighted by atomic mass is 10.3. The van der Waals surface area contributed by atoms with E-state index in [2.05, 4.69) is 4.98 Å². The van der Waals surface area contributed by atoms with Gasteiger partial charge in [0.15, 0.2) is 0 Å². The SMILES string of the molecule is CCOC(=O)c1nc2ccccc2n1CC(F)(F)F. The van der Waals surface area contributed by atoms with Crippen LogP contribution >= 0.6 is 0 Å². The molecule has 0 radical (unpaired) electrons. The van der Waals surface area contributed by atoms with E-state index >= 15 is 0 Å². The maximum atomic E-state index is 12.6. The largest absolute Gasteiger partial charge is 0.460 e. The standard InChI is InChI=1S/C12H11F3N2O2/c1-2-19-11(18)10-16-8-5-3-4-6-9(8)17(10)7-12(13,14)15/h3-6H,2,7H2,1H3. The van der Waals surface area contributed by atoms with Crippen LogP contribution in [-0.4, -0.2) is 28.3 Å². The maximum Gasteiger partial charge on any atom is 0.406 e. The van der Waals surface area contributed by atoms with Crippen LogP contribution in [-0.2, 0) is 11.3 Å². The van der Waals surface area contributed by atoms with Crippen LogP contribution in [0.3, 0.4) is 0 Å². The van der Waals surface area contributed by atoms with Gasteiger partial charge in [0.25, 0.3) is 0 Å². The summed E-state index contributed by atoms with van der Waals surface area (Å²) in [5, 5.41) is 0. The third-order valence-corrected chi connectivity index (χ3v) is 2.45. The lowest BCUT2D eigenvalue weighted by Crippen LogP contribution is -2.22. The second-order valence-corrected chi connectivity index (χ2v) is 3.85. The first-order valence-electron chi connectivity index (χ1n) is 5.61. The van der Waals surface area contributed by atoms with Crippen molar-refractivity contribution in [2.45, 2.75) is 19.6 Å². The van der Waals surface area contributed by atoms with Crippen molar-refractivity contribution < 1.29 is 22.7 Å². The van der Waals surface area contributed by atoms with E-state index in [4.69, 9.17) is 4.74 Å². The highest BCUT2D eigenvalue weighted by atomic mass is 19.4. The molecule has 0 bridgehead atoms. The molecule has 0 amide bonds. The molecule has 0 saturated heterocycles. The van der Waals surface area contributed by atoms with Crippen LogP contribution in [0.4, 0.5) is 13.2 Å². The number of benzene rings is 1. The van der Waals surface area contributed by atoms with E-state index < -0.39 is 18.7 Å². The summed E-state index contributed by atoms with van der Waals surface area (Å²) < 4.78 is 43.3. The minimum Gasteiger partial charge on any atom is -0.460 e. The average Bonchev–Trinajstić information content (AvgIpc) is 2.67. The normalized spacial score (nSPS) is 11.8. The zero-order valence-electron chi connectivity index (χ0n) is 10.1. The van der Waals surface area contributed by atoms with Crippen molar-refractivity contribution in [3.8, 4) is 0 Å². The number of alkyl halides is 3. The average molecular weight is 272 g/mol. The second-order valence-electron chi connectivity index (χ2n) is 3.85. The van der Waals surface area contributed by atoms with Crippen molar-refractivity contribution >= 4 is 17.0 Å². The highest BCUT2D eigenvalue weighted by molar-refractivity contribution is 5.91. The van der Waals surface area contributed by atoms with Gasteiger partial charge in [-0.15, -0.1) is 0 Å². The Kier molecular flexibility index (Phi) is 3.46. The zero-order valence-corrected chi connectivity index (χ0v) is 10.1. The molecule has 0 aliphatic carbocycles. The Morgan fingerprint density at radius 3 is 2.68 bits per heavy atom. The van der Waals surface area contributed by atoms with Crippen LogP contribution in [0.25, 0.3) is 11.0 Å². The van der Waals surface area contributed by atoms with Gasteiger partial charge in [0.05, 0.1) is 17.6 Å². The van der Waals surface area contributed by atoms with E-state index in [9.17, 15) is 18.0 Å². The van der Waals surface area contributed by atoms with Gasteiger partial charge in [0.1, 0.15) is 6.54 Å². The number of halogens is 3. The summed E-state index contributed by atoms with van der Waals surface area (Å²) >= 11 is 0. The van der Waals surface area contributed by atoms with E-state index in [0.717, 1.165) is 4.57 Å². The van der Waals surface area contributed by atoms with E-state index in [0.29, 0.717) is 5.52 Å². The van der Waals surface area contributed by atoms with Crippen LogP contribution < -0.4 is 0 Å². The lowest BCUT2D eigenvalue weighted by Gasteiger charge is -2.11. The van der Waals surface area contributed by atoms with Crippen LogP contribution in [0.5, 0.6) is 0 Å². The Bertz CT molecular complexity index is 605. The number of esters is 1. The van der Waals surface area contributed by atoms with Crippen molar-refractivity contribution in [1.29, 1.82) is 0 Å². The second kappa shape index (κ2) is 4.91. The third kappa shape index (κ3) is 2.86. The summed E-state index contributed by atoms with van der Waals surface area (Å²) in [5.74, 6) is -1.19. The van der Waals surface area contributed by atoms with Gasteiger partial charge in [0.2, 0.25) is 5.82 Å². The summed E-state index contributed by atoms with van der Waals surface area (Å²) in [5.41, 5.74) is 0.581. The van der Waals surface area contributed by atoms with Gasteiger partial charge < -0.3 is 9.30 Å². The molecule has 0 unspecified atom stereocenters. The van der Waals surface area contributed by atoms with Crippen LogP contribution in [0.2, 0.25) is 0 Å². The number of hydrogen-bond acceptors (Lipinski definition) is 3. The van der Waals surface area contributed by atoms with Gasteiger partial charge in [-0.25, -0.2) is 9.78 Å². The highest BCUT2D eigenvalue weighted by Gasteiger charge is 2.32. The molecule has 102 valence electrons. The molecule has 0 N–H and O–H groups in total. The van der Waals surface area contributed by atoms with Gasteiger partial charge in [-0.2, -0.15) is 13.2 Å². The maximum absolute atomic E-state index is 12.6. The Morgan fingerprint density at radius 2 is 2.05 bits per heavy atom. The quantitative estimate of drug-likeness (QED) is 0.807. The predicted octanol–water partition coefficient (Wildman–Crippen LogP) is 2.78. The number of hydrogen-bond donors (Lipinski definition) is 0. The van der Waals surface area contributed by atoms with Crippen LogP contribution in [0.15, 0.2) is 24.3 Å². The molecule has 2 aromatic rings.